The van der Waals surface area contributed by atoms with E-state index in [0.29, 0.717) is 16.9 Å². The first-order valence-corrected chi connectivity index (χ1v) is 10.4. The van der Waals surface area contributed by atoms with Gasteiger partial charge >= 0.3 is 0 Å². The topological polar surface area (TPSA) is 74.3 Å². The molecule has 0 atom stereocenters. The average Bonchev–Trinajstić information content (AvgIpc) is 2.75. The van der Waals surface area contributed by atoms with Crippen LogP contribution in [0.2, 0.25) is 0 Å². The number of ether oxygens (including phenoxy) is 1. The van der Waals surface area contributed by atoms with Crippen molar-refractivity contribution in [3.8, 4) is 11.4 Å². The molecule has 2 N–H and O–H groups in total. The molecule has 3 rings (SSSR count). The van der Waals surface area contributed by atoms with E-state index < -0.39 is 40.3 Å². The zero-order valence-corrected chi connectivity index (χ0v) is 17.7. The van der Waals surface area contributed by atoms with Crippen molar-refractivity contribution in [3.05, 3.63) is 87.5 Å². The number of rotatable bonds is 9. The van der Waals surface area contributed by atoms with Crippen molar-refractivity contribution in [1.29, 1.82) is 0 Å². The molecule has 3 aromatic rings. The Bertz CT molecular complexity index is 1170. The van der Waals surface area contributed by atoms with Gasteiger partial charge in [-0.25, -0.2) is 13.2 Å². The standard InChI is InChI=1S/C23H20ClF3N2O3/c24-10-4-1-5-11-32-14-12-18(26)21(19(27)13-14)29-20(30)9-8-16(23(29)28)22(31)15-6-2-3-7-17(15)25/h2-3,6-9,12-13H,1,4-5,10-11,28H2. The zero-order chi connectivity index (χ0) is 23.3. The van der Waals surface area contributed by atoms with Crippen LogP contribution in [0.15, 0.2) is 53.3 Å². The Hall–Kier alpha value is -3.26. The number of nitrogen functional groups attached to an aromatic ring is 1. The maximum Gasteiger partial charge on any atom is 0.256 e. The first kappa shape index (κ1) is 23.4. The lowest BCUT2D eigenvalue weighted by Crippen LogP contribution is -2.25. The molecule has 0 bridgehead atoms. The fourth-order valence-electron chi connectivity index (χ4n) is 3.17. The summed E-state index contributed by atoms with van der Waals surface area (Å²) in [5.74, 6) is -3.88. The number of hydrogen-bond acceptors (Lipinski definition) is 4. The number of anilines is 1. The summed E-state index contributed by atoms with van der Waals surface area (Å²) in [5, 5.41) is 0. The summed E-state index contributed by atoms with van der Waals surface area (Å²) >= 11 is 5.60. The van der Waals surface area contributed by atoms with Crippen molar-refractivity contribution < 1.29 is 22.7 Å². The molecule has 1 aromatic heterocycles. The number of aromatic nitrogens is 1. The number of halogens is 4. The number of ketones is 1. The molecular weight excluding hydrogens is 445 g/mol. The highest BCUT2D eigenvalue weighted by Gasteiger charge is 2.23. The van der Waals surface area contributed by atoms with Crippen molar-refractivity contribution >= 4 is 23.2 Å². The van der Waals surface area contributed by atoms with Crippen LogP contribution in [0, 0.1) is 17.5 Å². The summed E-state index contributed by atoms with van der Waals surface area (Å²) in [5.41, 5.74) is 3.77. The minimum Gasteiger partial charge on any atom is -0.493 e. The number of benzene rings is 2. The number of alkyl halides is 1. The lowest BCUT2D eigenvalue weighted by Gasteiger charge is -2.16. The average molecular weight is 465 g/mol. The molecule has 32 heavy (non-hydrogen) atoms. The van der Waals surface area contributed by atoms with Crippen molar-refractivity contribution in [1.82, 2.24) is 4.57 Å². The van der Waals surface area contributed by atoms with Gasteiger partial charge in [0.05, 0.1) is 17.7 Å². The van der Waals surface area contributed by atoms with Crippen LogP contribution >= 0.6 is 11.6 Å². The van der Waals surface area contributed by atoms with Crippen LogP contribution in [-0.4, -0.2) is 22.8 Å². The second-order valence-electron chi connectivity index (χ2n) is 6.95. The molecule has 0 spiro atoms. The number of nitrogens with zero attached hydrogens (tertiary/aromatic N) is 1. The van der Waals surface area contributed by atoms with Crippen LogP contribution in [-0.2, 0) is 0 Å². The number of carbonyl (C=O) groups excluding carboxylic acids is 1. The van der Waals surface area contributed by atoms with Crippen LogP contribution < -0.4 is 16.0 Å². The first-order chi connectivity index (χ1) is 15.3. The SMILES string of the molecule is Nc1c(C(=O)c2ccccc2F)ccc(=O)n1-c1c(F)cc(OCCCCCCl)cc1F. The van der Waals surface area contributed by atoms with Gasteiger partial charge < -0.3 is 10.5 Å². The minimum atomic E-state index is -1.11. The normalized spacial score (nSPS) is 10.9. The predicted molar refractivity (Wildman–Crippen MR) is 116 cm³/mol. The smallest absolute Gasteiger partial charge is 0.256 e. The minimum absolute atomic E-state index is 0.0557. The number of pyridine rings is 1. The van der Waals surface area contributed by atoms with Crippen LogP contribution in [0.25, 0.3) is 5.69 Å². The van der Waals surface area contributed by atoms with Gasteiger partial charge in [-0.3, -0.25) is 14.2 Å². The molecule has 0 unspecified atom stereocenters. The highest BCUT2D eigenvalue weighted by atomic mass is 35.5. The lowest BCUT2D eigenvalue weighted by molar-refractivity contribution is 0.103. The third kappa shape index (κ3) is 4.96. The van der Waals surface area contributed by atoms with E-state index in [1.165, 1.54) is 18.2 Å². The van der Waals surface area contributed by atoms with Crippen molar-refractivity contribution in [3.63, 3.8) is 0 Å². The Kier molecular flexibility index (Phi) is 7.58. The third-order valence-corrected chi connectivity index (χ3v) is 5.02. The summed E-state index contributed by atoms with van der Waals surface area (Å²) in [6, 6.07) is 9.08. The number of hydrogen-bond donors (Lipinski definition) is 1. The van der Waals surface area contributed by atoms with Gasteiger partial charge in [0.25, 0.3) is 5.56 Å². The first-order valence-electron chi connectivity index (χ1n) is 9.84. The Labute approximate surface area is 187 Å². The van der Waals surface area contributed by atoms with Gasteiger partial charge in [-0.15, -0.1) is 11.6 Å². The number of nitrogens with two attached hydrogens (primary N) is 1. The van der Waals surface area contributed by atoms with Gasteiger partial charge in [-0.05, 0) is 37.5 Å². The molecule has 168 valence electrons. The maximum atomic E-state index is 14.8. The second kappa shape index (κ2) is 10.4. The van der Waals surface area contributed by atoms with Crippen LogP contribution in [0.3, 0.4) is 0 Å². The van der Waals surface area contributed by atoms with E-state index >= 15 is 0 Å². The van der Waals surface area contributed by atoms with Crippen molar-refractivity contribution in [2.75, 3.05) is 18.2 Å². The Balaban J connectivity index is 1.98. The van der Waals surface area contributed by atoms with Crippen molar-refractivity contribution in [2.45, 2.75) is 19.3 Å². The van der Waals surface area contributed by atoms with Gasteiger partial charge in [0.2, 0.25) is 0 Å². The van der Waals surface area contributed by atoms with E-state index in [2.05, 4.69) is 0 Å². The van der Waals surface area contributed by atoms with E-state index in [4.69, 9.17) is 22.1 Å². The molecule has 0 fully saturated rings. The maximum absolute atomic E-state index is 14.8. The van der Waals surface area contributed by atoms with Gasteiger partial charge in [0.1, 0.15) is 23.1 Å². The van der Waals surface area contributed by atoms with E-state index in [-0.39, 0.29) is 23.5 Å². The predicted octanol–water partition coefficient (Wildman–Crippen LogP) is 4.86. The van der Waals surface area contributed by atoms with E-state index in [9.17, 15) is 22.8 Å². The Morgan fingerprint density at radius 1 is 0.938 bits per heavy atom. The second-order valence-corrected chi connectivity index (χ2v) is 7.33. The van der Waals surface area contributed by atoms with Gasteiger partial charge in [0.15, 0.2) is 17.4 Å². The van der Waals surface area contributed by atoms with E-state index in [0.717, 1.165) is 43.2 Å². The fraction of sp³-hybridized carbons (Fsp3) is 0.217. The van der Waals surface area contributed by atoms with Crippen LogP contribution in [0.5, 0.6) is 5.75 Å². The highest BCUT2D eigenvalue weighted by Crippen LogP contribution is 2.27. The summed E-state index contributed by atoms with van der Waals surface area (Å²) in [6.07, 6.45) is 2.27. The molecule has 9 heteroatoms. The Morgan fingerprint density at radius 2 is 1.62 bits per heavy atom. The fourth-order valence-corrected chi connectivity index (χ4v) is 3.36. The molecule has 5 nitrogen and oxygen atoms in total. The summed E-state index contributed by atoms with van der Waals surface area (Å²) in [7, 11) is 0. The summed E-state index contributed by atoms with van der Waals surface area (Å²) in [6.45, 7) is 0.240. The van der Waals surface area contributed by atoms with E-state index in [1.54, 1.807) is 0 Å². The molecule has 0 saturated heterocycles. The van der Waals surface area contributed by atoms with Crippen molar-refractivity contribution in [2.24, 2.45) is 0 Å². The highest BCUT2D eigenvalue weighted by molar-refractivity contribution is 6.17. The number of carbonyl (C=O) groups is 1. The molecule has 1 heterocycles. The van der Waals surface area contributed by atoms with Gasteiger partial charge in [-0.2, -0.15) is 0 Å². The number of unbranched alkanes of at least 4 members (excludes halogenated alkanes) is 2. The van der Waals surface area contributed by atoms with Gasteiger partial charge in [0, 0.05) is 24.1 Å². The van der Waals surface area contributed by atoms with Gasteiger partial charge in [-0.1, -0.05) is 12.1 Å². The summed E-state index contributed by atoms with van der Waals surface area (Å²) in [4.78, 5) is 25.2. The zero-order valence-electron chi connectivity index (χ0n) is 16.9. The third-order valence-electron chi connectivity index (χ3n) is 4.75. The molecular formula is C23H20ClF3N2O3. The molecule has 0 aliphatic heterocycles. The summed E-state index contributed by atoms with van der Waals surface area (Å²) < 4.78 is 49.6. The monoisotopic (exact) mass is 464 g/mol. The molecule has 0 radical (unpaired) electrons. The Morgan fingerprint density at radius 3 is 2.28 bits per heavy atom. The van der Waals surface area contributed by atoms with E-state index in [1.807, 2.05) is 0 Å². The largest absolute Gasteiger partial charge is 0.493 e. The quantitative estimate of drug-likeness (QED) is 0.279. The van der Waals surface area contributed by atoms with Crippen LogP contribution in [0.4, 0.5) is 19.0 Å². The molecule has 2 aromatic carbocycles. The molecule has 0 aliphatic carbocycles. The van der Waals surface area contributed by atoms with Crippen LogP contribution in [0.1, 0.15) is 35.2 Å². The molecule has 0 aliphatic rings. The molecule has 0 saturated carbocycles. The molecule has 0 amide bonds. The lowest BCUT2D eigenvalue weighted by atomic mass is 10.0.